The van der Waals surface area contributed by atoms with Crippen LogP contribution in [0.3, 0.4) is 0 Å². The molecule has 0 saturated carbocycles. The fourth-order valence-electron chi connectivity index (χ4n) is 4.15. The smallest absolute Gasteiger partial charge is 0.410 e. The van der Waals surface area contributed by atoms with Gasteiger partial charge in [0.05, 0.1) is 23.3 Å². The number of hydrogen-bond acceptors (Lipinski definition) is 5. The van der Waals surface area contributed by atoms with Crippen LogP contribution < -0.4 is 10.3 Å². The number of aromatic nitrogens is 3. The van der Waals surface area contributed by atoms with E-state index in [0.717, 1.165) is 28.1 Å². The minimum Gasteiger partial charge on any atom is -0.489 e. The monoisotopic (exact) mass is 472 g/mol. The van der Waals surface area contributed by atoms with Crippen LogP contribution in [0, 0.1) is 0 Å². The first-order chi connectivity index (χ1) is 16.8. The van der Waals surface area contributed by atoms with Gasteiger partial charge in [-0.05, 0) is 50.6 Å². The van der Waals surface area contributed by atoms with Crippen molar-refractivity contribution in [3.05, 3.63) is 88.6 Å². The van der Waals surface area contributed by atoms with Gasteiger partial charge in [-0.1, -0.05) is 30.3 Å². The van der Waals surface area contributed by atoms with E-state index in [0.29, 0.717) is 32.0 Å². The predicted molar refractivity (Wildman–Crippen MR) is 133 cm³/mol. The second kappa shape index (κ2) is 8.94. The van der Waals surface area contributed by atoms with Crippen molar-refractivity contribution >= 4 is 17.1 Å². The van der Waals surface area contributed by atoms with Crippen molar-refractivity contribution in [2.45, 2.75) is 46.1 Å². The molecule has 0 N–H and O–H groups in total. The topological polar surface area (TPSA) is 78.6 Å². The number of pyridine rings is 1. The Morgan fingerprint density at radius 2 is 1.83 bits per heavy atom. The molecular formula is C27H28N4O4. The molecule has 0 fully saturated rings. The molecule has 8 nitrogen and oxygen atoms in total. The highest BCUT2D eigenvalue weighted by Gasteiger charge is 2.27. The van der Waals surface area contributed by atoms with E-state index in [1.165, 1.54) is 6.07 Å². The molecule has 180 valence electrons. The number of imidazole rings is 1. The molecule has 0 aliphatic carbocycles. The molecule has 5 rings (SSSR count). The fraction of sp³-hybridized carbons (Fsp3) is 0.296. The van der Waals surface area contributed by atoms with Gasteiger partial charge in [0, 0.05) is 25.4 Å². The average Bonchev–Trinajstić information content (AvgIpc) is 3.19. The average molecular weight is 473 g/mol. The highest BCUT2D eigenvalue weighted by molar-refractivity contribution is 5.79. The summed E-state index contributed by atoms with van der Waals surface area (Å²) < 4.78 is 15.0. The van der Waals surface area contributed by atoms with Crippen LogP contribution in [0.25, 0.3) is 16.7 Å². The number of carbonyl (C=O) groups excluding carboxylic acids is 1. The van der Waals surface area contributed by atoms with Crippen molar-refractivity contribution in [2.75, 3.05) is 6.54 Å². The molecule has 0 radical (unpaired) electrons. The van der Waals surface area contributed by atoms with Crippen molar-refractivity contribution in [3.8, 4) is 11.4 Å². The molecule has 3 heterocycles. The molecule has 0 atom stereocenters. The van der Waals surface area contributed by atoms with E-state index in [1.807, 2.05) is 69.3 Å². The van der Waals surface area contributed by atoms with Crippen LogP contribution >= 0.6 is 0 Å². The van der Waals surface area contributed by atoms with Crippen LogP contribution in [0.5, 0.6) is 5.75 Å². The number of carbonyl (C=O) groups is 1. The van der Waals surface area contributed by atoms with Gasteiger partial charge < -0.3 is 14.0 Å². The molecule has 1 aliphatic rings. The number of hydrogen-bond donors (Lipinski definition) is 0. The van der Waals surface area contributed by atoms with Crippen LogP contribution in [-0.4, -0.2) is 37.3 Å². The van der Waals surface area contributed by atoms with Gasteiger partial charge in [-0.2, -0.15) is 0 Å². The Bertz CT molecular complexity index is 1430. The first kappa shape index (κ1) is 22.7. The zero-order valence-corrected chi connectivity index (χ0v) is 20.1. The highest BCUT2D eigenvalue weighted by Crippen LogP contribution is 2.24. The third kappa shape index (κ3) is 4.91. The van der Waals surface area contributed by atoms with Crippen LogP contribution in [0.1, 0.15) is 32.2 Å². The quantitative estimate of drug-likeness (QED) is 0.437. The van der Waals surface area contributed by atoms with E-state index in [2.05, 4.69) is 4.57 Å². The lowest BCUT2D eigenvalue weighted by Gasteiger charge is -2.30. The summed E-state index contributed by atoms with van der Waals surface area (Å²) in [5.74, 6) is 1.32. The zero-order valence-electron chi connectivity index (χ0n) is 20.1. The van der Waals surface area contributed by atoms with Gasteiger partial charge in [-0.25, -0.2) is 9.78 Å². The summed E-state index contributed by atoms with van der Waals surface area (Å²) in [5, 5.41) is 0. The van der Waals surface area contributed by atoms with E-state index in [4.69, 9.17) is 14.5 Å². The maximum atomic E-state index is 12.8. The number of nitrogens with zero attached hydrogens (tertiary/aromatic N) is 4. The lowest BCUT2D eigenvalue weighted by molar-refractivity contribution is 0.0196. The van der Waals surface area contributed by atoms with Crippen molar-refractivity contribution in [1.82, 2.24) is 19.0 Å². The Morgan fingerprint density at radius 3 is 2.57 bits per heavy atom. The molecular weight excluding hydrogens is 444 g/mol. The highest BCUT2D eigenvalue weighted by atomic mass is 16.6. The van der Waals surface area contributed by atoms with Crippen molar-refractivity contribution in [3.63, 3.8) is 0 Å². The van der Waals surface area contributed by atoms with Crippen molar-refractivity contribution < 1.29 is 14.3 Å². The number of rotatable bonds is 4. The number of ether oxygens (including phenoxy) is 2. The largest absolute Gasteiger partial charge is 0.489 e. The van der Waals surface area contributed by atoms with Gasteiger partial charge in [0.1, 0.15) is 23.8 Å². The molecule has 1 aliphatic heterocycles. The second-order valence-corrected chi connectivity index (χ2v) is 9.60. The van der Waals surface area contributed by atoms with Crippen LogP contribution in [0.2, 0.25) is 0 Å². The van der Waals surface area contributed by atoms with Gasteiger partial charge in [-0.3, -0.25) is 14.3 Å². The summed E-state index contributed by atoms with van der Waals surface area (Å²) in [7, 11) is 0. The second-order valence-electron chi connectivity index (χ2n) is 9.60. The minimum atomic E-state index is -0.543. The molecule has 0 spiro atoms. The van der Waals surface area contributed by atoms with Gasteiger partial charge in [0.15, 0.2) is 0 Å². The summed E-state index contributed by atoms with van der Waals surface area (Å²) in [6.07, 6.45) is 1.38. The molecule has 4 aromatic rings. The predicted octanol–water partition coefficient (Wildman–Crippen LogP) is 4.52. The van der Waals surface area contributed by atoms with Crippen molar-refractivity contribution in [2.24, 2.45) is 0 Å². The molecule has 1 amide bonds. The van der Waals surface area contributed by atoms with Crippen LogP contribution in [0.15, 0.2) is 71.7 Å². The summed E-state index contributed by atoms with van der Waals surface area (Å²) in [6.45, 7) is 7.54. The Labute approximate surface area is 203 Å². The molecule has 2 aromatic carbocycles. The summed E-state index contributed by atoms with van der Waals surface area (Å²) in [4.78, 5) is 31.7. The maximum absolute atomic E-state index is 12.8. The lowest BCUT2D eigenvalue weighted by atomic mass is 10.2. The Hall–Kier alpha value is -4.07. The van der Waals surface area contributed by atoms with E-state index < -0.39 is 5.60 Å². The minimum absolute atomic E-state index is 0.185. The van der Waals surface area contributed by atoms with Gasteiger partial charge >= 0.3 is 6.09 Å². The third-order valence-electron chi connectivity index (χ3n) is 5.81. The van der Waals surface area contributed by atoms with Crippen LogP contribution in [0.4, 0.5) is 4.79 Å². The Kier molecular flexibility index (Phi) is 5.80. The standard InChI is InChI=1S/C27H28N4O4/c1-27(2,3)35-26(33)29-13-14-31-23-10-9-20(15-22(23)28-24(31)17-29)30-12-11-21(16-25(30)32)34-18-19-7-5-4-6-8-19/h4-12,15-16H,13-14,17-18H2,1-3H3. The summed E-state index contributed by atoms with van der Waals surface area (Å²) in [6, 6.07) is 18.9. The number of amides is 1. The summed E-state index contributed by atoms with van der Waals surface area (Å²) >= 11 is 0. The lowest BCUT2D eigenvalue weighted by Crippen LogP contribution is -2.41. The number of fused-ring (bicyclic) bond motifs is 3. The molecule has 0 bridgehead atoms. The van der Waals surface area contributed by atoms with Gasteiger partial charge in [0.2, 0.25) is 0 Å². The zero-order chi connectivity index (χ0) is 24.6. The first-order valence-corrected chi connectivity index (χ1v) is 11.6. The third-order valence-corrected chi connectivity index (χ3v) is 5.81. The summed E-state index contributed by atoms with van der Waals surface area (Å²) in [5.41, 5.74) is 2.78. The van der Waals surface area contributed by atoms with E-state index in [-0.39, 0.29) is 11.7 Å². The Balaban J connectivity index is 1.35. The SMILES string of the molecule is CC(C)(C)OC(=O)N1CCn2c(nc3cc(-n4ccc(OCc5ccccc5)cc4=O)ccc32)C1. The normalized spacial score (nSPS) is 13.5. The van der Waals surface area contributed by atoms with Gasteiger partial charge in [-0.15, -0.1) is 0 Å². The fourth-order valence-corrected chi connectivity index (χ4v) is 4.15. The molecule has 2 aromatic heterocycles. The maximum Gasteiger partial charge on any atom is 0.410 e. The number of benzene rings is 2. The van der Waals surface area contributed by atoms with E-state index in [9.17, 15) is 9.59 Å². The molecule has 0 unspecified atom stereocenters. The molecule has 0 saturated heterocycles. The van der Waals surface area contributed by atoms with E-state index in [1.54, 1.807) is 21.7 Å². The van der Waals surface area contributed by atoms with Gasteiger partial charge in [0.25, 0.3) is 5.56 Å². The molecule has 8 heteroatoms. The van der Waals surface area contributed by atoms with Crippen LogP contribution in [-0.2, 0) is 24.4 Å². The Morgan fingerprint density at radius 1 is 1.03 bits per heavy atom. The van der Waals surface area contributed by atoms with Crippen molar-refractivity contribution in [1.29, 1.82) is 0 Å². The van der Waals surface area contributed by atoms with E-state index >= 15 is 0 Å². The first-order valence-electron chi connectivity index (χ1n) is 11.6. The molecule has 35 heavy (non-hydrogen) atoms.